The molecule has 0 spiro atoms. The molecule has 86 valence electrons. The first-order chi connectivity index (χ1) is 6.99. The summed E-state index contributed by atoms with van der Waals surface area (Å²) < 4.78 is 4.23. The van der Waals surface area contributed by atoms with Crippen LogP contribution in [0, 0.1) is 0 Å². The largest absolute Gasteiger partial charge is 0.465 e. The molecular weight excluding hydrogens is 266 g/mol. The molecule has 0 aliphatic carbocycles. The van der Waals surface area contributed by atoms with Crippen molar-refractivity contribution >= 4 is 28.0 Å². The second-order valence-corrected chi connectivity index (χ2v) is 4.97. The molecule has 0 unspecified atom stereocenters. The summed E-state index contributed by atoms with van der Waals surface area (Å²) in [5, 5.41) is 8.74. The van der Waals surface area contributed by atoms with Crippen LogP contribution in [0.25, 0.3) is 0 Å². The average molecular weight is 280 g/mol. The zero-order valence-electron chi connectivity index (χ0n) is 8.53. The van der Waals surface area contributed by atoms with E-state index in [9.17, 15) is 9.59 Å². The SMILES string of the molecule is CCOC(=O)C1(Br)CCN(C(=O)O)CC1. The lowest BCUT2D eigenvalue weighted by molar-refractivity contribution is -0.147. The fourth-order valence-corrected chi connectivity index (χ4v) is 1.99. The molecule has 1 saturated heterocycles. The molecule has 0 saturated carbocycles. The molecule has 0 bridgehead atoms. The van der Waals surface area contributed by atoms with Crippen molar-refractivity contribution in [3.63, 3.8) is 0 Å². The Kier molecular flexibility index (Phi) is 3.96. The second kappa shape index (κ2) is 4.83. The molecule has 6 heteroatoms. The monoisotopic (exact) mass is 279 g/mol. The van der Waals surface area contributed by atoms with E-state index in [-0.39, 0.29) is 5.97 Å². The lowest BCUT2D eigenvalue weighted by Gasteiger charge is -2.34. The number of hydrogen-bond acceptors (Lipinski definition) is 3. The Morgan fingerprint density at radius 3 is 2.40 bits per heavy atom. The third-order valence-corrected chi connectivity index (χ3v) is 3.58. The fourth-order valence-electron chi connectivity index (χ4n) is 1.52. The van der Waals surface area contributed by atoms with Gasteiger partial charge >= 0.3 is 12.1 Å². The van der Waals surface area contributed by atoms with Gasteiger partial charge in [-0.1, -0.05) is 15.9 Å². The highest BCUT2D eigenvalue weighted by molar-refractivity contribution is 9.10. The molecule has 1 N–H and O–H groups in total. The highest BCUT2D eigenvalue weighted by Crippen LogP contribution is 2.32. The van der Waals surface area contributed by atoms with Crippen molar-refractivity contribution in [2.75, 3.05) is 19.7 Å². The molecule has 1 rings (SSSR count). The highest BCUT2D eigenvalue weighted by Gasteiger charge is 2.41. The standard InChI is InChI=1S/C9H14BrNO4/c1-2-15-7(12)9(10)3-5-11(6-4-9)8(13)14/h2-6H2,1H3,(H,13,14). The van der Waals surface area contributed by atoms with Crippen LogP contribution < -0.4 is 0 Å². The van der Waals surface area contributed by atoms with E-state index in [1.165, 1.54) is 4.90 Å². The van der Waals surface area contributed by atoms with Gasteiger partial charge < -0.3 is 14.7 Å². The van der Waals surface area contributed by atoms with E-state index >= 15 is 0 Å². The highest BCUT2D eigenvalue weighted by atomic mass is 79.9. The second-order valence-electron chi connectivity index (χ2n) is 3.46. The number of nitrogens with zero attached hydrogens (tertiary/aromatic N) is 1. The van der Waals surface area contributed by atoms with Crippen LogP contribution in [-0.2, 0) is 9.53 Å². The van der Waals surface area contributed by atoms with E-state index in [2.05, 4.69) is 15.9 Å². The summed E-state index contributed by atoms with van der Waals surface area (Å²) in [6.45, 7) is 2.81. The Labute approximate surface area is 96.5 Å². The number of amides is 1. The minimum atomic E-state index is -0.937. The minimum Gasteiger partial charge on any atom is -0.465 e. The molecule has 1 fully saturated rings. The molecule has 0 aromatic heterocycles. The number of piperidine rings is 1. The first-order valence-corrected chi connectivity index (χ1v) is 5.63. The zero-order chi connectivity index (χ0) is 11.5. The van der Waals surface area contributed by atoms with E-state index in [4.69, 9.17) is 9.84 Å². The predicted octanol–water partition coefficient (Wildman–Crippen LogP) is 1.46. The van der Waals surface area contributed by atoms with Crippen LogP contribution in [0.2, 0.25) is 0 Å². The fraction of sp³-hybridized carbons (Fsp3) is 0.778. The van der Waals surface area contributed by atoms with Crippen molar-refractivity contribution in [2.24, 2.45) is 0 Å². The molecule has 1 amide bonds. The maximum atomic E-state index is 11.6. The number of carboxylic acid groups (broad SMARTS) is 1. The van der Waals surface area contributed by atoms with Gasteiger partial charge in [-0.2, -0.15) is 0 Å². The van der Waals surface area contributed by atoms with Crippen molar-refractivity contribution in [3.8, 4) is 0 Å². The van der Waals surface area contributed by atoms with Crippen molar-refractivity contribution in [2.45, 2.75) is 24.1 Å². The van der Waals surface area contributed by atoms with Gasteiger partial charge in [0.05, 0.1) is 6.61 Å². The lowest BCUT2D eigenvalue weighted by Crippen LogP contribution is -2.47. The normalized spacial score (nSPS) is 19.7. The molecule has 0 aromatic carbocycles. The molecule has 1 heterocycles. The summed E-state index contributed by atoms with van der Waals surface area (Å²) in [7, 11) is 0. The maximum Gasteiger partial charge on any atom is 0.407 e. The van der Waals surface area contributed by atoms with Crippen molar-refractivity contribution < 1.29 is 19.4 Å². The first-order valence-electron chi connectivity index (χ1n) is 4.83. The number of halogens is 1. The van der Waals surface area contributed by atoms with Gasteiger partial charge in [0.1, 0.15) is 4.32 Å². The molecule has 0 radical (unpaired) electrons. The summed E-state index contributed by atoms with van der Waals surface area (Å²) >= 11 is 3.34. The third kappa shape index (κ3) is 2.84. The van der Waals surface area contributed by atoms with Gasteiger partial charge in [-0.25, -0.2) is 4.79 Å². The van der Waals surface area contributed by atoms with Gasteiger partial charge in [0.2, 0.25) is 0 Å². The van der Waals surface area contributed by atoms with E-state index in [0.717, 1.165) is 0 Å². The predicted molar refractivity (Wildman–Crippen MR) is 57.1 cm³/mol. The van der Waals surface area contributed by atoms with E-state index in [0.29, 0.717) is 32.5 Å². The Bertz CT molecular complexity index is 261. The topological polar surface area (TPSA) is 66.8 Å². The number of likely N-dealkylation sites (tertiary alicyclic amines) is 1. The van der Waals surface area contributed by atoms with Crippen molar-refractivity contribution in [1.29, 1.82) is 0 Å². The Hall–Kier alpha value is -0.780. The van der Waals surface area contributed by atoms with Crippen LogP contribution in [0.1, 0.15) is 19.8 Å². The van der Waals surface area contributed by atoms with Crippen LogP contribution in [0.5, 0.6) is 0 Å². The Morgan fingerprint density at radius 2 is 2.00 bits per heavy atom. The maximum absolute atomic E-state index is 11.6. The van der Waals surface area contributed by atoms with E-state index in [1.807, 2.05) is 0 Å². The summed E-state index contributed by atoms with van der Waals surface area (Å²) in [5.74, 6) is -0.296. The van der Waals surface area contributed by atoms with Gasteiger partial charge in [-0.15, -0.1) is 0 Å². The molecule has 0 aromatic rings. The number of carbonyl (C=O) groups excluding carboxylic acids is 1. The average Bonchev–Trinajstić information content (AvgIpc) is 2.18. The molecule has 1 aliphatic heterocycles. The third-order valence-electron chi connectivity index (χ3n) is 2.47. The van der Waals surface area contributed by atoms with Crippen molar-refractivity contribution in [1.82, 2.24) is 4.90 Å². The van der Waals surface area contributed by atoms with Crippen LogP contribution in [0.4, 0.5) is 4.79 Å². The number of carbonyl (C=O) groups is 2. The number of ether oxygens (including phenoxy) is 1. The van der Waals surface area contributed by atoms with Gasteiger partial charge in [-0.05, 0) is 19.8 Å². The molecule has 15 heavy (non-hydrogen) atoms. The van der Waals surface area contributed by atoms with E-state index in [1.54, 1.807) is 6.92 Å². The summed E-state index contributed by atoms with van der Waals surface area (Å²) in [4.78, 5) is 23.5. The molecule has 5 nitrogen and oxygen atoms in total. The van der Waals surface area contributed by atoms with Gasteiger partial charge in [0.15, 0.2) is 0 Å². The van der Waals surface area contributed by atoms with Crippen LogP contribution in [-0.4, -0.2) is 46.1 Å². The lowest BCUT2D eigenvalue weighted by atomic mass is 9.97. The first kappa shape index (κ1) is 12.3. The van der Waals surface area contributed by atoms with Crippen LogP contribution in [0.3, 0.4) is 0 Å². The smallest absolute Gasteiger partial charge is 0.407 e. The number of esters is 1. The number of hydrogen-bond donors (Lipinski definition) is 1. The summed E-state index contributed by atoms with van der Waals surface area (Å²) in [6, 6.07) is 0. The summed E-state index contributed by atoms with van der Waals surface area (Å²) in [6.07, 6.45) is -0.0237. The zero-order valence-corrected chi connectivity index (χ0v) is 10.1. The van der Waals surface area contributed by atoms with E-state index < -0.39 is 10.4 Å². The molecule has 1 aliphatic rings. The molecular formula is C9H14BrNO4. The quantitative estimate of drug-likeness (QED) is 0.614. The van der Waals surface area contributed by atoms with Gasteiger partial charge in [0.25, 0.3) is 0 Å². The van der Waals surface area contributed by atoms with Crippen molar-refractivity contribution in [3.05, 3.63) is 0 Å². The van der Waals surface area contributed by atoms with Gasteiger partial charge in [0, 0.05) is 13.1 Å². The molecule has 0 atom stereocenters. The van der Waals surface area contributed by atoms with Gasteiger partial charge in [-0.3, -0.25) is 4.79 Å². The Balaban J connectivity index is 2.54. The van der Waals surface area contributed by atoms with Crippen LogP contribution in [0.15, 0.2) is 0 Å². The Morgan fingerprint density at radius 1 is 1.47 bits per heavy atom. The van der Waals surface area contributed by atoms with Crippen LogP contribution >= 0.6 is 15.9 Å². The number of alkyl halides is 1. The minimum absolute atomic E-state index is 0.296. The number of rotatable bonds is 2. The summed E-state index contributed by atoms with van der Waals surface area (Å²) in [5.41, 5.74) is 0.